The first-order valence-corrected chi connectivity index (χ1v) is 15.2. The van der Waals surface area contributed by atoms with Gasteiger partial charge in [0.25, 0.3) is 0 Å². The predicted octanol–water partition coefficient (Wildman–Crippen LogP) is 9.13. The van der Waals surface area contributed by atoms with Crippen molar-refractivity contribution in [2.45, 2.75) is 0 Å². The molecule has 4 heterocycles. The summed E-state index contributed by atoms with van der Waals surface area (Å²) in [5.41, 5.74) is 6.23. The second-order valence-corrected chi connectivity index (χ2v) is 11.7. The molecule has 6 nitrogen and oxygen atoms in total. The van der Waals surface area contributed by atoms with E-state index in [4.69, 9.17) is 15.0 Å². The minimum Gasteiger partial charge on any atom is -0.277 e. The molecule has 7 heteroatoms. The van der Waals surface area contributed by atoms with Crippen molar-refractivity contribution in [3.05, 3.63) is 134 Å². The van der Waals surface area contributed by atoms with Crippen LogP contribution in [0.25, 0.3) is 82.0 Å². The predicted molar refractivity (Wildman–Crippen MR) is 179 cm³/mol. The van der Waals surface area contributed by atoms with Gasteiger partial charge in [0.15, 0.2) is 11.6 Å². The Balaban J connectivity index is 1.34. The quantitative estimate of drug-likeness (QED) is 0.207. The summed E-state index contributed by atoms with van der Waals surface area (Å²) in [4.78, 5) is 25.2. The van der Waals surface area contributed by atoms with Crippen molar-refractivity contribution < 1.29 is 0 Å². The molecule has 0 radical (unpaired) electrons. The van der Waals surface area contributed by atoms with E-state index in [0.717, 1.165) is 58.8 Å². The Kier molecular flexibility index (Phi) is 5.57. The van der Waals surface area contributed by atoms with Gasteiger partial charge in [-0.3, -0.25) is 4.57 Å². The zero-order chi connectivity index (χ0) is 29.0. The molecule has 0 amide bonds. The molecule has 0 saturated carbocycles. The number of thiophene rings is 1. The lowest BCUT2D eigenvalue weighted by Gasteiger charge is -2.12. The van der Waals surface area contributed by atoms with Gasteiger partial charge in [0.05, 0.1) is 11.0 Å². The molecule has 44 heavy (non-hydrogen) atoms. The molecule has 4 aromatic heterocycles. The number of rotatable bonds is 4. The smallest absolute Gasteiger partial charge is 0.238 e. The van der Waals surface area contributed by atoms with E-state index in [1.165, 1.54) is 5.56 Å². The van der Waals surface area contributed by atoms with E-state index in [0.29, 0.717) is 17.6 Å². The topological polar surface area (TPSA) is 69.4 Å². The molecule has 0 N–H and O–H groups in total. The van der Waals surface area contributed by atoms with E-state index in [9.17, 15) is 0 Å². The molecule has 0 aliphatic rings. The maximum atomic E-state index is 5.16. The molecule has 9 aromatic rings. The number of fused-ring (bicyclic) bond motifs is 7. The van der Waals surface area contributed by atoms with Gasteiger partial charge in [0, 0.05) is 43.6 Å². The van der Waals surface area contributed by atoms with Gasteiger partial charge in [-0.25, -0.2) is 15.0 Å². The third-order valence-electron chi connectivity index (χ3n) is 8.06. The Labute approximate surface area is 256 Å². The van der Waals surface area contributed by atoms with E-state index in [1.807, 2.05) is 42.6 Å². The van der Waals surface area contributed by atoms with Crippen LogP contribution in [0.15, 0.2) is 134 Å². The zero-order valence-electron chi connectivity index (χ0n) is 23.3. The van der Waals surface area contributed by atoms with Crippen LogP contribution < -0.4 is 0 Å². The monoisotopic (exact) mass is 582 g/mol. The molecule has 0 saturated heterocycles. The molecular formula is C37H22N6S. The van der Waals surface area contributed by atoms with Crippen molar-refractivity contribution in [3.8, 4) is 39.9 Å². The van der Waals surface area contributed by atoms with Gasteiger partial charge in [-0.15, -0.1) is 11.3 Å². The van der Waals surface area contributed by atoms with Gasteiger partial charge >= 0.3 is 0 Å². The summed E-state index contributed by atoms with van der Waals surface area (Å²) >= 11 is 1.67. The lowest BCUT2D eigenvalue weighted by Crippen LogP contribution is -2.06. The van der Waals surface area contributed by atoms with Crippen LogP contribution in [0.3, 0.4) is 0 Å². The van der Waals surface area contributed by atoms with E-state index in [2.05, 4.69) is 99.5 Å². The van der Waals surface area contributed by atoms with E-state index >= 15 is 0 Å². The maximum absolute atomic E-state index is 5.16. The fraction of sp³-hybridized carbons (Fsp3) is 0. The normalized spacial score (nSPS) is 11.6. The number of benzene rings is 5. The van der Waals surface area contributed by atoms with Crippen LogP contribution >= 0.6 is 11.3 Å². The molecule has 5 aromatic carbocycles. The minimum absolute atomic E-state index is 0.566. The van der Waals surface area contributed by atoms with Crippen molar-refractivity contribution in [2.24, 2.45) is 0 Å². The third kappa shape index (κ3) is 3.91. The highest BCUT2D eigenvalue weighted by molar-refractivity contribution is 7.25. The van der Waals surface area contributed by atoms with Gasteiger partial charge in [0.2, 0.25) is 5.95 Å². The molecule has 9 rings (SSSR count). The van der Waals surface area contributed by atoms with Gasteiger partial charge in [-0.05, 0) is 23.3 Å². The highest BCUT2D eigenvalue weighted by Crippen LogP contribution is 2.42. The molecule has 0 aliphatic heterocycles. The van der Waals surface area contributed by atoms with Crippen LogP contribution in [0.2, 0.25) is 0 Å². The molecule has 0 atom stereocenters. The Morgan fingerprint density at radius 3 is 1.93 bits per heavy atom. The number of para-hydroxylation sites is 1. The summed E-state index contributed by atoms with van der Waals surface area (Å²) in [6.07, 6.45) is 3.52. The standard InChI is InChI=1S/C37H22N6S/c1-3-9-23(10-4-1)24-15-17-26(18-16-24)35-40-34(25-11-5-2-6-12-25)41-37(42-35)43-30-14-8-7-13-27(30)28-19-20-31-32(33(28)43)29-21-38-22-39-36(29)44-31/h1-22H. The molecule has 0 aliphatic carbocycles. The average Bonchev–Trinajstić information content (AvgIpc) is 3.65. The molecule has 0 unspecified atom stereocenters. The Morgan fingerprint density at radius 2 is 1.16 bits per heavy atom. The highest BCUT2D eigenvalue weighted by atomic mass is 32.1. The number of hydrogen-bond donors (Lipinski definition) is 0. The Bertz CT molecular complexity index is 2480. The summed E-state index contributed by atoms with van der Waals surface area (Å²) in [6.45, 7) is 0. The summed E-state index contributed by atoms with van der Waals surface area (Å²) in [7, 11) is 0. The lowest BCUT2D eigenvalue weighted by molar-refractivity contribution is 0.955. The summed E-state index contributed by atoms with van der Waals surface area (Å²) in [6, 6.07) is 41.7. The summed E-state index contributed by atoms with van der Waals surface area (Å²) in [5, 5.41) is 4.40. The van der Waals surface area contributed by atoms with Crippen molar-refractivity contribution >= 4 is 53.4 Å². The van der Waals surface area contributed by atoms with Crippen LogP contribution in [0.5, 0.6) is 0 Å². The van der Waals surface area contributed by atoms with Crippen LogP contribution in [0.1, 0.15) is 0 Å². The number of hydrogen-bond acceptors (Lipinski definition) is 6. The van der Waals surface area contributed by atoms with Gasteiger partial charge in [-0.2, -0.15) is 9.97 Å². The van der Waals surface area contributed by atoms with Crippen LogP contribution in [-0.2, 0) is 0 Å². The second kappa shape index (κ2) is 9.90. The minimum atomic E-state index is 0.566. The fourth-order valence-electron chi connectivity index (χ4n) is 6.02. The molecule has 206 valence electrons. The molecule has 0 fully saturated rings. The van der Waals surface area contributed by atoms with Gasteiger partial charge < -0.3 is 0 Å². The first-order chi connectivity index (χ1) is 21.8. The van der Waals surface area contributed by atoms with Crippen LogP contribution in [0.4, 0.5) is 0 Å². The zero-order valence-corrected chi connectivity index (χ0v) is 24.1. The summed E-state index contributed by atoms with van der Waals surface area (Å²) in [5.74, 6) is 1.80. The van der Waals surface area contributed by atoms with Gasteiger partial charge in [0.1, 0.15) is 11.2 Å². The van der Waals surface area contributed by atoms with Crippen molar-refractivity contribution in [3.63, 3.8) is 0 Å². The van der Waals surface area contributed by atoms with E-state index < -0.39 is 0 Å². The molecule has 0 bridgehead atoms. The molecular weight excluding hydrogens is 561 g/mol. The van der Waals surface area contributed by atoms with Crippen LogP contribution in [-0.4, -0.2) is 29.5 Å². The van der Waals surface area contributed by atoms with Crippen molar-refractivity contribution in [1.29, 1.82) is 0 Å². The maximum Gasteiger partial charge on any atom is 0.238 e. The summed E-state index contributed by atoms with van der Waals surface area (Å²) < 4.78 is 3.33. The second-order valence-electron chi connectivity index (χ2n) is 10.6. The van der Waals surface area contributed by atoms with Crippen LogP contribution in [0, 0.1) is 0 Å². The molecule has 0 spiro atoms. The average molecular weight is 583 g/mol. The largest absolute Gasteiger partial charge is 0.277 e. The fourth-order valence-corrected chi connectivity index (χ4v) is 7.04. The first kappa shape index (κ1) is 24.8. The Hall–Kier alpha value is -5.79. The number of nitrogens with zero attached hydrogens (tertiary/aromatic N) is 6. The third-order valence-corrected chi connectivity index (χ3v) is 9.13. The van der Waals surface area contributed by atoms with E-state index in [-0.39, 0.29) is 0 Å². The van der Waals surface area contributed by atoms with E-state index in [1.54, 1.807) is 17.7 Å². The highest BCUT2D eigenvalue weighted by Gasteiger charge is 2.21. The van der Waals surface area contributed by atoms with Gasteiger partial charge in [-0.1, -0.05) is 109 Å². The van der Waals surface area contributed by atoms with Crippen molar-refractivity contribution in [2.75, 3.05) is 0 Å². The SMILES string of the molecule is c1ccc(-c2ccc(-c3nc(-c4ccccc4)nc(-n4c5ccccc5c5ccc6sc7ncncc7c6c54)n3)cc2)cc1. The number of aromatic nitrogens is 6. The first-order valence-electron chi connectivity index (χ1n) is 14.3. The lowest BCUT2D eigenvalue weighted by atomic mass is 10.0. The Morgan fingerprint density at radius 1 is 0.523 bits per heavy atom. The van der Waals surface area contributed by atoms with Crippen molar-refractivity contribution in [1.82, 2.24) is 29.5 Å².